The number of hydrogen-bond donors (Lipinski definition) is 1. The van der Waals surface area contributed by atoms with Gasteiger partial charge in [-0.25, -0.2) is 4.98 Å². The number of anilines is 2. The monoisotopic (exact) mass is 481 g/mol. The minimum atomic E-state index is -0.310. The van der Waals surface area contributed by atoms with Crippen molar-refractivity contribution in [1.29, 1.82) is 0 Å². The number of carbonyl (C=O) groups excluding carboxylic acids is 3. The van der Waals surface area contributed by atoms with Gasteiger partial charge < -0.3 is 0 Å². The maximum Gasteiger partial charge on any atom is 0.257 e. The van der Waals surface area contributed by atoms with Crippen molar-refractivity contribution < 1.29 is 14.4 Å². The standard InChI is InChI=1S/C28H23N3O3S/c1-17-3-7-19(8-4-17)25-26(20-9-5-18(2)6-10-20)35-28(29-25)30-27(34)21-11-13-22(14-12-21)31-23(32)15-16-24(31)33/h3-14H,15-16H2,1-2H3,(H,29,30,34). The third-order valence-electron chi connectivity index (χ3n) is 5.93. The highest BCUT2D eigenvalue weighted by molar-refractivity contribution is 7.19. The van der Waals surface area contributed by atoms with Crippen molar-refractivity contribution in [3.63, 3.8) is 0 Å². The normalized spacial score (nSPS) is 13.4. The second kappa shape index (κ2) is 9.27. The molecule has 1 aliphatic heterocycles. The van der Waals surface area contributed by atoms with Crippen LogP contribution in [0.4, 0.5) is 10.8 Å². The Bertz CT molecular complexity index is 1340. The van der Waals surface area contributed by atoms with Crippen LogP contribution in [0.5, 0.6) is 0 Å². The van der Waals surface area contributed by atoms with E-state index in [1.54, 1.807) is 24.3 Å². The molecule has 0 aliphatic carbocycles. The Morgan fingerprint density at radius 2 is 1.34 bits per heavy atom. The van der Waals surface area contributed by atoms with Crippen LogP contribution in [0.1, 0.15) is 34.3 Å². The van der Waals surface area contributed by atoms with Gasteiger partial charge in [0.2, 0.25) is 11.8 Å². The minimum Gasteiger partial charge on any atom is -0.298 e. The predicted molar refractivity (Wildman–Crippen MR) is 139 cm³/mol. The number of nitrogens with zero attached hydrogens (tertiary/aromatic N) is 2. The van der Waals surface area contributed by atoms with E-state index in [-0.39, 0.29) is 30.6 Å². The lowest BCUT2D eigenvalue weighted by Crippen LogP contribution is -2.28. The van der Waals surface area contributed by atoms with Gasteiger partial charge >= 0.3 is 0 Å². The van der Waals surface area contributed by atoms with Crippen molar-refractivity contribution in [3.05, 3.63) is 89.5 Å². The summed E-state index contributed by atoms with van der Waals surface area (Å²) in [5, 5.41) is 3.40. The molecule has 3 amide bonds. The summed E-state index contributed by atoms with van der Waals surface area (Å²) >= 11 is 1.42. The van der Waals surface area contributed by atoms with Gasteiger partial charge in [0.1, 0.15) is 0 Å². The first-order valence-corrected chi connectivity index (χ1v) is 12.1. The van der Waals surface area contributed by atoms with Crippen LogP contribution in [0.2, 0.25) is 0 Å². The quantitative estimate of drug-likeness (QED) is 0.355. The molecule has 0 unspecified atom stereocenters. The van der Waals surface area contributed by atoms with Gasteiger partial charge in [0, 0.05) is 24.0 Å². The van der Waals surface area contributed by atoms with Crippen LogP contribution in [0.25, 0.3) is 21.7 Å². The highest BCUT2D eigenvalue weighted by Gasteiger charge is 2.30. The zero-order chi connectivity index (χ0) is 24.5. The first-order valence-electron chi connectivity index (χ1n) is 11.3. The van der Waals surface area contributed by atoms with Gasteiger partial charge in [-0.1, -0.05) is 71.0 Å². The fourth-order valence-electron chi connectivity index (χ4n) is 3.98. The van der Waals surface area contributed by atoms with E-state index in [9.17, 15) is 14.4 Å². The lowest BCUT2D eigenvalue weighted by atomic mass is 10.0. The molecule has 1 aromatic heterocycles. The van der Waals surface area contributed by atoms with Crippen LogP contribution < -0.4 is 10.2 Å². The summed E-state index contributed by atoms with van der Waals surface area (Å²) < 4.78 is 0. The molecule has 7 heteroatoms. The number of carbonyl (C=O) groups is 3. The number of imide groups is 1. The van der Waals surface area contributed by atoms with E-state index in [0.717, 1.165) is 27.3 Å². The molecule has 6 nitrogen and oxygen atoms in total. The molecule has 4 aromatic rings. The maximum atomic E-state index is 13.0. The molecule has 0 radical (unpaired) electrons. The van der Waals surface area contributed by atoms with Crippen molar-refractivity contribution >= 4 is 39.9 Å². The molecule has 0 spiro atoms. The van der Waals surface area contributed by atoms with Gasteiger partial charge in [0.05, 0.1) is 16.3 Å². The second-order valence-corrected chi connectivity index (χ2v) is 9.55. The number of amides is 3. The molecular weight excluding hydrogens is 458 g/mol. The van der Waals surface area contributed by atoms with Gasteiger partial charge in [-0.05, 0) is 43.7 Å². The summed E-state index contributed by atoms with van der Waals surface area (Å²) in [4.78, 5) is 43.8. The van der Waals surface area contributed by atoms with Gasteiger partial charge in [0.15, 0.2) is 5.13 Å². The Morgan fingerprint density at radius 1 is 0.800 bits per heavy atom. The first kappa shape index (κ1) is 22.7. The number of nitrogens with one attached hydrogen (secondary N) is 1. The third kappa shape index (κ3) is 4.63. The smallest absolute Gasteiger partial charge is 0.257 e. The van der Waals surface area contributed by atoms with E-state index >= 15 is 0 Å². The minimum absolute atomic E-state index is 0.220. The summed E-state index contributed by atoms with van der Waals surface area (Å²) in [5.74, 6) is -0.750. The largest absolute Gasteiger partial charge is 0.298 e. The van der Waals surface area contributed by atoms with Crippen molar-refractivity contribution in [2.24, 2.45) is 0 Å². The summed E-state index contributed by atoms with van der Waals surface area (Å²) in [7, 11) is 0. The average Bonchev–Trinajstić information content (AvgIpc) is 3.42. The fourth-order valence-corrected chi connectivity index (χ4v) is 4.97. The van der Waals surface area contributed by atoms with E-state index in [2.05, 4.69) is 29.6 Å². The summed E-state index contributed by atoms with van der Waals surface area (Å²) in [6.07, 6.45) is 0.440. The molecule has 174 valence electrons. The molecule has 1 aliphatic rings. The molecule has 35 heavy (non-hydrogen) atoms. The van der Waals surface area contributed by atoms with E-state index in [0.29, 0.717) is 16.4 Å². The first-order chi connectivity index (χ1) is 16.9. The Labute approximate surface area is 207 Å². The molecule has 5 rings (SSSR count). The molecule has 0 saturated carbocycles. The third-order valence-corrected chi connectivity index (χ3v) is 6.95. The Morgan fingerprint density at radius 3 is 1.91 bits per heavy atom. The molecule has 2 heterocycles. The number of aromatic nitrogens is 1. The second-order valence-electron chi connectivity index (χ2n) is 8.55. The molecule has 3 aromatic carbocycles. The lowest BCUT2D eigenvalue weighted by Gasteiger charge is -2.13. The number of thiazole rings is 1. The number of aryl methyl sites for hydroxylation is 2. The Balaban J connectivity index is 1.43. The zero-order valence-corrected chi connectivity index (χ0v) is 20.2. The van der Waals surface area contributed by atoms with Crippen molar-refractivity contribution in [1.82, 2.24) is 4.98 Å². The topological polar surface area (TPSA) is 79.4 Å². The van der Waals surface area contributed by atoms with Gasteiger partial charge in [-0.2, -0.15) is 0 Å². The van der Waals surface area contributed by atoms with Crippen LogP contribution in [0.15, 0.2) is 72.8 Å². The molecule has 1 N–H and O–H groups in total. The fraction of sp³-hybridized carbons (Fsp3) is 0.143. The van der Waals surface area contributed by atoms with Crippen LogP contribution in [-0.4, -0.2) is 22.7 Å². The Hall–Kier alpha value is -4.10. The molecule has 1 fully saturated rings. The van der Waals surface area contributed by atoms with Crippen LogP contribution in [-0.2, 0) is 9.59 Å². The van der Waals surface area contributed by atoms with E-state index in [1.165, 1.54) is 21.8 Å². The number of hydrogen-bond acceptors (Lipinski definition) is 5. The SMILES string of the molecule is Cc1ccc(-c2nc(NC(=O)c3ccc(N4C(=O)CCC4=O)cc3)sc2-c2ccc(C)cc2)cc1. The highest BCUT2D eigenvalue weighted by atomic mass is 32.1. The average molecular weight is 482 g/mol. The molecule has 0 bridgehead atoms. The van der Waals surface area contributed by atoms with Crippen molar-refractivity contribution in [2.75, 3.05) is 10.2 Å². The zero-order valence-electron chi connectivity index (χ0n) is 19.4. The Kier molecular flexibility index (Phi) is 6.01. The van der Waals surface area contributed by atoms with Gasteiger partial charge in [0.25, 0.3) is 5.91 Å². The maximum absolute atomic E-state index is 13.0. The van der Waals surface area contributed by atoms with Crippen molar-refractivity contribution in [3.8, 4) is 21.7 Å². The number of benzene rings is 3. The summed E-state index contributed by atoms with van der Waals surface area (Å²) in [6, 6.07) is 22.9. The summed E-state index contributed by atoms with van der Waals surface area (Å²) in [6.45, 7) is 4.09. The molecular formula is C28H23N3O3S. The van der Waals surface area contributed by atoms with Crippen LogP contribution in [0.3, 0.4) is 0 Å². The van der Waals surface area contributed by atoms with Gasteiger partial charge in [-0.15, -0.1) is 0 Å². The molecule has 0 atom stereocenters. The van der Waals surface area contributed by atoms with E-state index in [1.807, 2.05) is 38.1 Å². The lowest BCUT2D eigenvalue weighted by molar-refractivity contribution is -0.121. The number of rotatable bonds is 5. The van der Waals surface area contributed by atoms with Crippen LogP contribution in [0, 0.1) is 13.8 Å². The highest BCUT2D eigenvalue weighted by Crippen LogP contribution is 2.39. The van der Waals surface area contributed by atoms with E-state index in [4.69, 9.17) is 4.98 Å². The van der Waals surface area contributed by atoms with Gasteiger partial charge in [-0.3, -0.25) is 24.6 Å². The van der Waals surface area contributed by atoms with Crippen LogP contribution >= 0.6 is 11.3 Å². The van der Waals surface area contributed by atoms with Crippen molar-refractivity contribution in [2.45, 2.75) is 26.7 Å². The predicted octanol–water partition coefficient (Wildman–Crippen LogP) is 6.00. The van der Waals surface area contributed by atoms with E-state index < -0.39 is 0 Å². The molecule has 1 saturated heterocycles. The summed E-state index contributed by atoms with van der Waals surface area (Å²) in [5.41, 5.74) is 6.05.